The molecule has 5 nitrogen and oxygen atoms in total. The lowest BCUT2D eigenvalue weighted by Gasteiger charge is -2.30. The highest BCUT2D eigenvalue weighted by atomic mass is 16.3. The molecule has 0 radical (unpaired) electrons. The average Bonchev–Trinajstić information content (AvgIpc) is 3.04. The topological polar surface area (TPSA) is 94.8 Å². The molecule has 1 rings (SSSR count). The monoisotopic (exact) mass is 408 g/mol. The second-order valence-electron chi connectivity index (χ2n) is 8.92. The zero-order chi connectivity index (χ0) is 21.7. The first-order chi connectivity index (χ1) is 13.8. The van der Waals surface area contributed by atoms with Crippen molar-refractivity contribution in [3.05, 3.63) is 24.3 Å². The van der Waals surface area contributed by atoms with Crippen molar-refractivity contribution in [3.8, 4) is 0 Å². The molecular weight excluding hydrogens is 368 g/mol. The second-order valence-corrected chi connectivity index (χ2v) is 8.92. The van der Waals surface area contributed by atoms with Crippen LogP contribution in [0.15, 0.2) is 24.3 Å². The third kappa shape index (κ3) is 9.83. The van der Waals surface area contributed by atoms with Gasteiger partial charge >= 0.3 is 0 Å². The van der Waals surface area contributed by atoms with Crippen molar-refractivity contribution in [1.29, 1.82) is 0 Å². The maximum atomic E-state index is 12.2. The summed E-state index contributed by atoms with van der Waals surface area (Å²) in [5.74, 6) is 0.419. The Bertz CT molecular complexity index is 549. The molecule has 0 aromatic rings. The van der Waals surface area contributed by atoms with Crippen LogP contribution in [-0.4, -0.2) is 46.2 Å². The predicted octanol–water partition coefficient (Wildman–Crippen LogP) is 3.76. The maximum Gasteiger partial charge on any atom is 0.158 e. The molecule has 166 valence electrons. The third-order valence-corrected chi connectivity index (χ3v) is 6.09. The van der Waals surface area contributed by atoms with E-state index in [-0.39, 0.29) is 36.2 Å². The standard InChI is InChI=1S/C24H40O5/c1-24(2,16-7-8-17-25)23(29)13-9-10-19-14-15-22(28)21(19)12-6-4-3-5-11-20(27)18-26/h4,6,9-10,19,21,23,25-26,29H,3,5,7-8,11-18H2,1-2H3/t19-,21+,23?/m0/s1. The number of ketones is 2. The summed E-state index contributed by atoms with van der Waals surface area (Å²) in [7, 11) is 0. The van der Waals surface area contributed by atoms with Crippen LogP contribution in [0.1, 0.15) is 78.1 Å². The quantitative estimate of drug-likeness (QED) is 0.283. The Labute approximate surface area is 175 Å². The predicted molar refractivity (Wildman–Crippen MR) is 115 cm³/mol. The average molecular weight is 409 g/mol. The van der Waals surface area contributed by atoms with Crippen LogP contribution in [0.25, 0.3) is 0 Å². The van der Waals surface area contributed by atoms with E-state index in [0.29, 0.717) is 25.0 Å². The number of hydrogen-bond donors (Lipinski definition) is 3. The molecule has 0 aliphatic heterocycles. The number of hydrogen-bond acceptors (Lipinski definition) is 5. The smallest absolute Gasteiger partial charge is 0.158 e. The molecule has 29 heavy (non-hydrogen) atoms. The lowest BCUT2D eigenvalue weighted by molar-refractivity contribution is -0.122. The van der Waals surface area contributed by atoms with Gasteiger partial charge in [-0.15, -0.1) is 0 Å². The van der Waals surface area contributed by atoms with Gasteiger partial charge in [-0.3, -0.25) is 9.59 Å². The highest BCUT2D eigenvalue weighted by Gasteiger charge is 2.32. The van der Waals surface area contributed by atoms with E-state index in [9.17, 15) is 14.7 Å². The van der Waals surface area contributed by atoms with Crippen molar-refractivity contribution >= 4 is 11.6 Å². The van der Waals surface area contributed by atoms with Gasteiger partial charge in [0.25, 0.3) is 0 Å². The molecule has 1 unspecified atom stereocenters. The zero-order valence-electron chi connectivity index (χ0n) is 18.2. The lowest BCUT2D eigenvalue weighted by atomic mass is 9.80. The van der Waals surface area contributed by atoms with E-state index in [2.05, 4.69) is 19.9 Å². The summed E-state index contributed by atoms with van der Waals surface area (Å²) in [5, 5.41) is 28.1. The molecule has 3 atom stereocenters. The molecule has 5 heteroatoms. The van der Waals surface area contributed by atoms with Crippen molar-refractivity contribution in [1.82, 2.24) is 0 Å². The van der Waals surface area contributed by atoms with Crippen molar-refractivity contribution in [2.45, 2.75) is 84.2 Å². The minimum absolute atomic E-state index is 0.0104. The first-order valence-electron chi connectivity index (χ1n) is 11.1. The first kappa shape index (κ1) is 25.7. The summed E-state index contributed by atoms with van der Waals surface area (Å²) >= 11 is 0. The summed E-state index contributed by atoms with van der Waals surface area (Å²) in [6.45, 7) is 3.93. The van der Waals surface area contributed by atoms with E-state index in [0.717, 1.165) is 44.9 Å². The van der Waals surface area contributed by atoms with Gasteiger partial charge in [-0.05, 0) is 56.3 Å². The van der Waals surface area contributed by atoms with Crippen molar-refractivity contribution < 1.29 is 24.9 Å². The minimum atomic E-state index is -0.436. The molecule has 1 fully saturated rings. The van der Waals surface area contributed by atoms with Crippen LogP contribution in [-0.2, 0) is 9.59 Å². The second kappa shape index (κ2) is 13.8. The largest absolute Gasteiger partial charge is 0.396 e. The van der Waals surface area contributed by atoms with Gasteiger partial charge in [0.1, 0.15) is 12.4 Å². The summed E-state index contributed by atoms with van der Waals surface area (Å²) in [4.78, 5) is 23.3. The molecule has 0 heterocycles. The number of carbonyl (C=O) groups is 2. The summed E-state index contributed by atoms with van der Waals surface area (Å²) in [5.41, 5.74) is -0.190. The van der Waals surface area contributed by atoms with Gasteiger partial charge in [0.05, 0.1) is 6.10 Å². The Balaban J connectivity index is 2.43. The maximum absolute atomic E-state index is 12.2. The van der Waals surface area contributed by atoms with Crippen LogP contribution in [0, 0.1) is 17.3 Å². The number of rotatable bonds is 15. The number of Topliss-reactive ketones (excluding diaryl/α,β-unsaturated/α-hetero) is 2. The van der Waals surface area contributed by atoms with Crippen LogP contribution in [0.4, 0.5) is 0 Å². The summed E-state index contributed by atoms with van der Waals surface area (Å²) < 4.78 is 0. The molecule has 3 N–H and O–H groups in total. The highest BCUT2D eigenvalue weighted by molar-refractivity contribution is 5.83. The molecule has 0 aromatic heterocycles. The van der Waals surface area contributed by atoms with Gasteiger partial charge in [0, 0.05) is 25.4 Å². The third-order valence-electron chi connectivity index (χ3n) is 6.09. The van der Waals surface area contributed by atoms with E-state index < -0.39 is 6.10 Å². The molecular formula is C24H40O5. The lowest BCUT2D eigenvalue weighted by Crippen LogP contribution is -2.28. The Hall–Kier alpha value is -1.30. The normalized spacial score (nSPS) is 21.5. The van der Waals surface area contributed by atoms with Crippen molar-refractivity contribution in [2.75, 3.05) is 13.2 Å². The number of carbonyl (C=O) groups excluding carboxylic acids is 2. The van der Waals surface area contributed by atoms with Gasteiger partial charge in [0.2, 0.25) is 0 Å². The van der Waals surface area contributed by atoms with Crippen molar-refractivity contribution in [3.63, 3.8) is 0 Å². The van der Waals surface area contributed by atoms with Gasteiger partial charge < -0.3 is 15.3 Å². The van der Waals surface area contributed by atoms with Gasteiger partial charge in [-0.2, -0.15) is 0 Å². The van der Waals surface area contributed by atoms with Crippen LogP contribution < -0.4 is 0 Å². The Kier molecular flexibility index (Phi) is 12.3. The van der Waals surface area contributed by atoms with E-state index in [1.165, 1.54) is 0 Å². The van der Waals surface area contributed by atoms with Crippen LogP contribution >= 0.6 is 0 Å². The fourth-order valence-electron chi connectivity index (χ4n) is 3.89. The van der Waals surface area contributed by atoms with Gasteiger partial charge in [-0.1, -0.05) is 44.6 Å². The molecule has 0 aromatic carbocycles. The van der Waals surface area contributed by atoms with E-state index >= 15 is 0 Å². The number of aliphatic hydroxyl groups excluding tert-OH is 3. The summed E-state index contributed by atoms with van der Waals surface area (Å²) in [6.07, 6.45) is 15.0. The Morgan fingerprint density at radius 3 is 2.62 bits per heavy atom. The molecule has 1 saturated carbocycles. The van der Waals surface area contributed by atoms with Crippen LogP contribution in [0.5, 0.6) is 0 Å². The van der Waals surface area contributed by atoms with E-state index in [1.54, 1.807) is 0 Å². The summed E-state index contributed by atoms with van der Waals surface area (Å²) in [6, 6.07) is 0. The Morgan fingerprint density at radius 2 is 1.93 bits per heavy atom. The molecule has 0 amide bonds. The van der Waals surface area contributed by atoms with Crippen LogP contribution in [0.2, 0.25) is 0 Å². The SMILES string of the molecule is CC(C)(CCCCO)C(O)CC=C[C@H]1CCC(=O)[C@@H]1CC=CCCCC(=O)CO. The fourth-order valence-corrected chi connectivity index (χ4v) is 3.89. The van der Waals surface area contributed by atoms with Gasteiger partial charge in [0.15, 0.2) is 5.78 Å². The highest BCUT2D eigenvalue weighted by Crippen LogP contribution is 2.34. The first-order valence-corrected chi connectivity index (χ1v) is 11.1. The zero-order valence-corrected chi connectivity index (χ0v) is 18.2. The molecule has 0 saturated heterocycles. The number of allylic oxidation sites excluding steroid dienone is 3. The molecule has 1 aliphatic rings. The molecule has 0 spiro atoms. The Morgan fingerprint density at radius 1 is 1.17 bits per heavy atom. The number of aliphatic hydroxyl groups is 3. The number of unbranched alkanes of at least 4 members (excludes halogenated alkanes) is 2. The van der Waals surface area contributed by atoms with E-state index in [1.807, 2.05) is 18.2 Å². The molecule has 0 bridgehead atoms. The van der Waals surface area contributed by atoms with Crippen LogP contribution in [0.3, 0.4) is 0 Å². The fraction of sp³-hybridized carbons (Fsp3) is 0.750. The molecule has 1 aliphatic carbocycles. The van der Waals surface area contributed by atoms with Gasteiger partial charge in [-0.25, -0.2) is 0 Å². The van der Waals surface area contributed by atoms with E-state index in [4.69, 9.17) is 10.2 Å². The minimum Gasteiger partial charge on any atom is -0.396 e. The van der Waals surface area contributed by atoms with Crippen molar-refractivity contribution in [2.24, 2.45) is 17.3 Å².